The van der Waals surface area contributed by atoms with Crippen LogP contribution >= 0.6 is 0 Å². The number of anilines is 2. The third-order valence-corrected chi connectivity index (χ3v) is 2.53. The molecule has 0 fully saturated rings. The van der Waals surface area contributed by atoms with E-state index in [1.807, 2.05) is 24.1 Å². The fourth-order valence-electron chi connectivity index (χ4n) is 1.51. The Morgan fingerprint density at radius 1 is 1.50 bits per heavy atom. The Bertz CT molecular complexity index is 340. The third-order valence-electron chi connectivity index (χ3n) is 2.53. The van der Waals surface area contributed by atoms with Crippen molar-refractivity contribution in [2.75, 3.05) is 31.3 Å². The Morgan fingerprint density at radius 3 is 2.69 bits per heavy atom. The Morgan fingerprint density at radius 2 is 2.19 bits per heavy atom. The Kier molecular flexibility index (Phi) is 4.43. The van der Waals surface area contributed by atoms with E-state index >= 15 is 0 Å². The summed E-state index contributed by atoms with van der Waals surface area (Å²) in [6.07, 6.45) is 0.434. The fourth-order valence-corrected chi connectivity index (χ4v) is 1.51. The molecule has 0 saturated heterocycles. The van der Waals surface area contributed by atoms with E-state index in [0.29, 0.717) is 5.69 Å². The van der Waals surface area contributed by atoms with Crippen molar-refractivity contribution in [2.24, 2.45) is 0 Å². The minimum Gasteiger partial charge on any atom is -0.497 e. The van der Waals surface area contributed by atoms with Gasteiger partial charge < -0.3 is 20.5 Å². The van der Waals surface area contributed by atoms with Crippen molar-refractivity contribution in [2.45, 2.75) is 19.4 Å². The molecule has 0 saturated carbocycles. The quantitative estimate of drug-likeness (QED) is 0.744. The van der Waals surface area contributed by atoms with E-state index in [2.05, 4.69) is 0 Å². The summed E-state index contributed by atoms with van der Waals surface area (Å²) in [6, 6.07) is 5.61. The van der Waals surface area contributed by atoms with Crippen molar-refractivity contribution in [1.29, 1.82) is 0 Å². The van der Waals surface area contributed by atoms with Crippen molar-refractivity contribution in [1.82, 2.24) is 0 Å². The van der Waals surface area contributed by atoms with Crippen LogP contribution in [0.4, 0.5) is 11.4 Å². The van der Waals surface area contributed by atoms with Gasteiger partial charge in [0.2, 0.25) is 0 Å². The maximum Gasteiger partial charge on any atom is 0.121 e. The first kappa shape index (κ1) is 12.6. The molecule has 1 atom stereocenters. The number of nitrogens with zero attached hydrogens (tertiary/aromatic N) is 1. The Hall–Kier alpha value is -1.42. The summed E-state index contributed by atoms with van der Waals surface area (Å²) in [5.41, 5.74) is 7.57. The molecule has 0 bridgehead atoms. The minimum atomic E-state index is -0.290. The predicted octanol–water partition coefficient (Wildman–Crippen LogP) is 1.48. The number of nitrogens with two attached hydrogens (primary N) is 1. The van der Waals surface area contributed by atoms with Crippen LogP contribution < -0.4 is 15.4 Å². The average Bonchev–Trinajstić information content (AvgIpc) is 2.25. The average molecular weight is 224 g/mol. The maximum atomic E-state index is 9.22. The molecule has 1 unspecified atom stereocenters. The highest BCUT2D eigenvalue weighted by Crippen LogP contribution is 2.26. The number of aliphatic hydroxyl groups excluding tert-OH is 1. The van der Waals surface area contributed by atoms with Crippen LogP contribution in [-0.4, -0.2) is 31.9 Å². The Labute approximate surface area is 96.6 Å². The van der Waals surface area contributed by atoms with Gasteiger partial charge in [-0.05, 0) is 25.5 Å². The molecule has 16 heavy (non-hydrogen) atoms. The number of ether oxygens (including phenoxy) is 1. The summed E-state index contributed by atoms with van der Waals surface area (Å²) in [4.78, 5) is 2.03. The van der Waals surface area contributed by atoms with Crippen LogP contribution in [-0.2, 0) is 0 Å². The van der Waals surface area contributed by atoms with Crippen molar-refractivity contribution in [3.05, 3.63) is 18.2 Å². The molecule has 0 heterocycles. The van der Waals surface area contributed by atoms with Crippen molar-refractivity contribution >= 4 is 11.4 Å². The topological polar surface area (TPSA) is 58.7 Å². The van der Waals surface area contributed by atoms with E-state index in [4.69, 9.17) is 10.5 Å². The second kappa shape index (κ2) is 5.61. The highest BCUT2D eigenvalue weighted by Gasteiger charge is 2.07. The van der Waals surface area contributed by atoms with Gasteiger partial charge in [-0.15, -0.1) is 0 Å². The van der Waals surface area contributed by atoms with Gasteiger partial charge in [0.25, 0.3) is 0 Å². The number of hydrogen-bond acceptors (Lipinski definition) is 4. The molecule has 0 amide bonds. The molecular weight excluding hydrogens is 204 g/mol. The number of hydrogen-bond donors (Lipinski definition) is 2. The van der Waals surface area contributed by atoms with E-state index in [1.54, 1.807) is 20.1 Å². The summed E-state index contributed by atoms with van der Waals surface area (Å²) in [7, 11) is 3.58. The highest BCUT2D eigenvalue weighted by molar-refractivity contribution is 5.69. The van der Waals surface area contributed by atoms with Crippen molar-refractivity contribution in [3.63, 3.8) is 0 Å². The van der Waals surface area contributed by atoms with Gasteiger partial charge in [-0.25, -0.2) is 0 Å². The summed E-state index contributed by atoms with van der Waals surface area (Å²) >= 11 is 0. The summed E-state index contributed by atoms with van der Waals surface area (Å²) in [6.45, 7) is 2.55. The monoisotopic (exact) mass is 224 g/mol. The van der Waals surface area contributed by atoms with E-state index < -0.39 is 0 Å². The number of nitrogen functional groups attached to an aromatic ring is 1. The van der Waals surface area contributed by atoms with Gasteiger partial charge in [0, 0.05) is 19.7 Å². The first-order valence-corrected chi connectivity index (χ1v) is 5.37. The van der Waals surface area contributed by atoms with Crippen LogP contribution in [0, 0.1) is 0 Å². The molecule has 4 nitrogen and oxygen atoms in total. The van der Waals surface area contributed by atoms with Gasteiger partial charge in [0.05, 0.1) is 24.6 Å². The number of rotatable bonds is 5. The lowest BCUT2D eigenvalue weighted by molar-refractivity contribution is 0.187. The van der Waals surface area contributed by atoms with Crippen LogP contribution in [0.5, 0.6) is 5.75 Å². The molecule has 1 aromatic carbocycles. The fraction of sp³-hybridized carbons (Fsp3) is 0.500. The molecule has 1 aromatic rings. The molecule has 0 radical (unpaired) electrons. The van der Waals surface area contributed by atoms with E-state index in [1.165, 1.54) is 0 Å². The number of benzene rings is 1. The molecular formula is C12H20N2O2. The Balaban J connectivity index is 2.71. The molecule has 3 N–H and O–H groups in total. The van der Waals surface area contributed by atoms with E-state index in [-0.39, 0.29) is 6.10 Å². The van der Waals surface area contributed by atoms with Gasteiger partial charge >= 0.3 is 0 Å². The molecule has 0 spiro atoms. The number of methoxy groups -OCH3 is 1. The largest absolute Gasteiger partial charge is 0.497 e. The lowest BCUT2D eigenvalue weighted by atomic mass is 10.2. The highest BCUT2D eigenvalue weighted by atomic mass is 16.5. The standard InChI is InChI=1S/C12H20N2O2/c1-9(15)6-7-14(2)12-5-4-10(16-3)8-11(12)13/h4-5,8-9,15H,6-7,13H2,1-3H3. The van der Waals surface area contributed by atoms with Gasteiger partial charge in [-0.1, -0.05) is 0 Å². The maximum absolute atomic E-state index is 9.22. The van der Waals surface area contributed by atoms with Gasteiger partial charge in [-0.3, -0.25) is 0 Å². The second-order valence-corrected chi connectivity index (χ2v) is 3.98. The first-order valence-electron chi connectivity index (χ1n) is 5.37. The molecule has 0 aromatic heterocycles. The van der Waals surface area contributed by atoms with Crippen molar-refractivity contribution in [3.8, 4) is 5.75 Å². The smallest absolute Gasteiger partial charge is 0.121 e. The van der Waals surface area contributed by atoms with Crippen LogP contribution in [0.3, 0.4) is 0 Å². The van der Waals surface area contributed by atoms with Crippen molar-refractivity contribution < 1.29 is 9.84 Å². The molecule has 90 valence electrons. The normalized spacial score (nSPS) is 12.2. The van der Waals surface area contributed by atoms with E-state index in [9.17, 15) is 5.11 Å². The predicted molar refractivity (Wildman–Crippen MR) is 67.0 cm³/mol. The molecule has 4 heteroatoms. The van der Waals surface area contributed by atoms with Gasteiger partial charge in [-0.2, -0.15) is 0 Å². The minimum absolute atomic E-state index is 0.290. The lowest BCUT2D eigenvalue weighted by Crippen LogP contribution is -2.22. The van der Waals surface area contributed by atoms with Crippen LogP contribution in [0.2, 0.25) is 0 Å². The molecule has 1 rings (SSSR count). The molecule has 0 aliphatic carbocycles. The van der Waals surface area contributed by atoms with E-state index in [0.717, 1.165) is 24.4 Å². The summed E-state index contributed by atoms with van der Waals surface area (Å²) in [5, 5.41) is 9.22. The summed E-state index contributed by atoms with van der Waals surface area (Å²) in [5.74, 6) is 0.755. The third kappa shape index (κ3) is 3.31. The van der Waals surface area contributed by atoms with Gasteiger partial charge in [0.1, 0.15) is 5.75 Å². The van der Waals surface area contributed by atoms with Crippen LogP contribution in [0.15, 0.2) is 18.2 Å². The lowest BCUT2D eigenvalue weighted by Gasteiger charge is -2.22. The number of aliphatic hydroxyl groups is 1. The van der Waals surface area contributed by atoms with Crippen LogP contribution in [0.1, 0.15) is 13.3 Å². The second-order valence-electron chi connectivity index (χ2n) is 3.98. The molecule has 0 aliphatic rings. The van der Waals surface area contributed by atoms with Gasteiger partial charge in [0.15, 0.2) is 0 Å². The van der Waals surface area contributed by atoms with Crippen LogP contribution in [0.25, 0.3) is 0 Å². The zero-order valence-corrected chi connectivity index (χ0v) is 10.1. The molecule has 0 aliphatic heterocycles. The zero-order chi connectivity index (χ0) is 12.1. The SMILES string of the molecule is COc1ccc(N(C)CCC(C)O)c(N)c1. The first-order chi connectivity index (χ1) is 7.54. The summed E-state index contributed by atoms with van der Waals surface area (Å²) < 4.78 is 5.09. The zero-order valence-electron chi connectivity index (χ0n) is 10.1.